The van der Waals surface area contributed by atoms with Crippen molar-refractivity contribution in [2.24, 2.45) is 0 Å². The summed E-state index contributed by atoms with van der Waals surface area (Å²) in [5.41, 5.74) is 10.3. The molecule has 0 amide bonds. The Bertz CT molecular complexity index is 1310. The Morgan fingerprint density at radius 3 is 2.33 bits per heavy atom. The summed E-state index contributed by atoms with van der Waals surface area (Å²) < 4.78 is 6.44. The van der Waals surface area contributed by atoms with E-state index in [1.165, 1.54) is 7.11 Å². The van der Waals surface area contributed by atoms with E-state index >= 15 is 0 Å². The Morgan fingerprint density at radius 2 is 1.67 bits per heavy atom. The highest BCUT2D eigenvalue weighted by atomic mass is 16.6. The maximum absolute atomic E-state index is 13.3. The molecule has 0 aliphatic carbocycles. The fourth-order valence-electron chi connectivity index (χ4n) is 3.66. The predicted octanol–water partition coefficient (Wildman–Crippen LogP) is 3.39. The second-order valence-corrected chi connectivity index (χ2v) is 7.01. The molecule has 4 aromatic rings. The van der Waals surface area contributed by atoms with Gasteiger partial charge in [-0.2, -0.15) is 0 Å². The lowest BCUT2D eigenvalue weighted by atomic mass is 9.96. The van der Waals surface area contributed by atoms with Crippen molar-refractivity contribution in [2.75, 3.05) is 20.0 Å². The topological polar surface area (TPSA) is 92.3 Å². The van der Waals surface area contributed by atoms with Crippen molar-refractivity contribution in [3.05, 3.63) is 70.0 Å². The van der Waals surface area contributed by atoms with Gasteiger partial charge in [0, 0.05) is 5.56 Å². The van der Waals surface area contributed by atoms with Crippen LogP contribution in [0.3, 0.4) is 0 Å². The van der Waals surface area contributed by atoms with Gasteiger partial charge < -0.3 is 15.3 Å². The van der Waals surface area contributed by atoms with Gasteiger partial charge in [0.25, 0.3) is 5.56 Å². The van der Waals surface area contributed by atoms with Crippen LogP contribution in [0.1, 0.15) is 11.1 Å². The Hall–Kier alpha value is -3.87. The molecule has 152 valence electrons. The van der Waals surface area contributed by atoms with Gasteiger partial charge in [0.2, 0.25) is 0 Å². The molecule has 0 radical (unpaired) electrons. The number of hydrogen-bond acceptors (Lipinski definition) is 6. The van der Waals surface area contributed by atoms with Gasteiger partial charge in [-0.15, -0.1) is 4.73 Å². The normalized spacial score (nSPS) is 10.9. The van der Waals surface area contributed by atoms with E-state index in [4.69, 9.17) is 15.3 Å². The van der Waals surface area contributed by atoms with Crippen molar-refractivity contribution in [3.63, 3.8) is 0 Å². The van der Waals surface area contributed by atoms with E-state index in [0.717, 1.165) is 27.0 Å². The maximum atomic E-state index is 13.3. The maximum Gasteiger partial charge on any atom is 0.292 e. The van der Waals surface area contributed by atoms with E-state index in [2.05, 4.69) is 9.97 Å². The van der Waals surface area contributed by atoms with Crippen molar-refractivity contribution in [3.8, 4) is 28.3 Å². The fraction of sp³-hybridized carbons (Fsp3) is 0.174. The summed E-state index contributed by atoms with van der Waals surface area (Å²) >= 11 is 0. The van der Waals surface area contributed by atoms with Gasteiger partial charge in [0.05, 0.1) is 18.1 Å². The standard InChI is InChI=1S/C23H22N4O3/c1-13-7-5-8-14(2)19(13)17-12-18-20(24)25-21(15-9-6-10-16(11-15)29-3)26-22(18)27(30-4)23(17)28/h5-12H,1-4H3,(H2,24,25,26). The predicted molar refractivity (Wildman–Crippen MR) is 118 cm³/mol. The molecule has 4 rings (SSSR count). The van der Waals surface area contributed by atoms with Gasteiger partial charge in [-0.1, -0.05) is 30.3 Å². The molecule has 30 heavy (non-hydrogen) atoms. The lowest BCUT2D eigenvalue weighted by Crippen LogP contribution is -2.28. The second kappa shape index (κ2) is 7.51. The number of nitrogens with zero attached hydrogens (tertiary/aromatic N) is 3. The largest absolute Gasteiger partial charge is 0.497 e. The van der Waals surface area contributed by atoms with Crippen LogP contribution in [0.4, 0.5) is 5.82 Å². The second-order valence-electron chi connectivity index (χ2n) is 7.01. The molecule has 7 heteroatoms. The van der Waals surface area contributed by atoms with Crippen LogP contribution in [0.25, 0.3) is 33.5 Å². The van der Waals surface area contributed by atoms with E-state index in [1.807, 2.05) is 50.2 Å². The average Bonchev–Trinajstić information content (AvgIpc) is 2.74. The van der Waals surface area contributed by atoms with Gasteiger partial charge >= 0.3 is 0 Å². The minimum atomic E-state index is -0.308. The molecule has 0 bridgehead atoms. The number of pyridine rings is 1. The molecular weight excluding hydrogens is 380 g/mol. The third kappa shape index (κ3) is 3.14. The van der Waals surface area contributed by atoms with Crippen LogP contribution in [0.5, 0.6) is 5.75 Å². The summed E-state index contributed by atoms with van der Waals surface area (Å²) in [5.74, 6) is 1.31. The first kappa shape index (κ1) is 19.4. The zero-order valence-electron chi connectivity index (χ0n) is 17.3. The monoisotopic (exact) mass is 402 g/mol. The summed E-state index contributed by atoms with van der Waals surface area (Å²) in [5, 5.41) is 0.542. The molecule has 2 aromatic carbocycles. The first-order valence-corrected chi connectivity index (χ1v) is 9.43. The molecule has 0 aliphatic rings. The number of anilines is 1. The highest BCUT2D eigenvalue weighted by Gasteiger charge is 2.19. The van der Waals surface area contributed by atoms with Gasteiger partial charge in [-0.3, -0.25) is 4.79 Å². The lowest BCUT2D eigenvalue weighted by molar-refractivity contribution is 0.168. The third-order valence-electron chi connectivity index (χ3n) is 5.11. The van der Waals surface area contributed by atoms with Crippen molar-refractivity contribution >= 4 is 16.9 Å². The van der Waals surface area contributed by atoms with Gasteiger partial charge in [0.15, 0.2) is 11.5 Å². The van der Waals surface area contributed by atoms with E-state index in [0.29, 0.717) is 28.2 Å². The quantitative estimate of drug-likeness (QED) is 0.563. The number of rotatable bonds is 4. The van der Waals surface area contributed by atoms with E-state index < -0.39 is 0 Å². The van der Waals surface area contributed by atoms with E-state index in [9.17, 15) is 4.79 Å². The Morgan fingerprint density at radius 1 is 0.967 bits per heavy atom. The average molecular weight is 402 g/mol. The first-order chi connectivity index (χ1) is 14.4. The SMILES string of the molecule is COc1cccc(-c2nc(N)c3cc(-c4c(C)cccc4C)c(=O)n(OC)c3n2)c1. The zero-order chi connectivity index (χ0) is 21.4. The molecule has 2 heterocycles. The van der Waals surface area contributed by atoms with Crippen molar-refractivity contribution in [1.82, 2.24) is 14.7 Å². The van der Waals surface area contributed by atoms with Crippen molar-refractivity contribution in [2.45, 2.75) is 13.8 Å². The smallest absolute Gasteiger partial charge is 0.292 e. The summed E-state index contributed by atoms with van der Waals surface area (Å²) in [7, 11) is 3.02. The van der Waals surface area contributed by atoms with Crippen molar-refractivity contribution < 1.29 is 9.57 Å². The van der Waals surface area contributed by atoms with Crippen molar-refractivity contribution in [1.29, 1.82) is 0 Å². The summed E-state index contributed by atoms with van der Waals surface area (Å²) in [4.78, 5) is 27.8. The van der Waals surface area contributed by atoms with E-state index in [-0.39, 0.29) is 11.4 Å². The van der Waals surface area contributed by atoms with Gasteiger partial charge in [-0.25, -0.2) is 9.97 Å². The highest BCUT2D eigenvalue weighted by molar-refractivity contribution is 5.91. The lowest BCUT2D eigenvalue weighted by Gasteiger charge is -2.15. The van der Waals surface area contributed by atoms with Crippen LogP contribution in [-0.4, -0.2) is 28.9 Å². The molecule has 0 atom stereocenters. The number of benzene rings is 2. The van der Waals surface area contributed by atoms with E-state index in [1.54, 1.807) is 19.2 Å². The molecule has 2 aromatic heterocycles. The minimum absolute atomic E-state index is 0.260. The van der Waals surface area contributed by atoms with Crippen LogP contribution in [0.2, 0.25) is 0 Å². The van der Waals surface area contributed by atoms with Crippen LogP contribution >= 0.6 is 0 Å². The molecule has 0 unspecified atom stereocenters. The molecule has 0 aliphatic heterocycles. The van der Waals surface area contributed by atoms with Crippen LogP contribution in [0.15, 0.2) is 53.3 Å². The van der Waals surface area contributed by atoms with Crippen LogP contribution in [0, 0.1) is 13.8 Å². The van der Waals surface area contributed by atoms with Gasteiger partial charge in [-0.05, 0) is 48.7 Å². The number of ether oxygens (including phenoxy) is 1. The number of nitrogen functional groups attached to an aromatic ring is 1. The summed E-state index contributed by atoms with van der Waals surface area (Å²) in [6.45, 7) is 3.93. The molecule has 0 spiro atoms. The number of aromatic nitrogens is 3. The number of methoxy groups -OCH3 is 1. The summed E-state index contributed by atoms with van der Waals surface area (Å²) in [6.07, 6.45) is 0. The summed E-state index contributed by atoms with van der Waals surface area (Å²) in [6, 6.07) is 15.0. The first-order valence-electron chi connectivity index (χ1n) is 9.43. The number of nitrogens with two attached hydrogens (primary N) is 1. The highest BCUT2D eigenvalue weighted by Crippen LogP contribution is 2.30. The molecule has 0 saturated carbocycles. The number of fused-ring (bicyclic) bond motifs is 1. The van der Waals surface area contributed by atoms with Crippen LogP contribution < -0.4 is 20.9 Å². The molecular formula is C23H22N4O3. The van der Waals surface area contributed by atoms with Crippen LogP contribution in [-0.2, 0) is 0 Å². The molecule has 0 fully saturated rings. The molecule has 0 saturated heterocycles. The Balaban J connectivity index is 2.03. The molecule has 7 nitrogen and oxygen atoms in total. The Kier molecular flexibility index (Phi) is 4.87. The molecule has 2 N–H and O–H groups in total. The van der Waals surface area contributed by atoms with Gasteiger partial charge in [0.1, 0.15) is 18.7 Å². The zero-order valence-corrected chi connectivity index (χ0v) is 17.3. The Labute approximate surface area is 173 Å². The fourth-order valence-corrected chi connectivity index (χ4v) is 3.66. The minimum Gasteiger partial charge on any atom is -0.497 e. The number of aryl methyl sites for hydroxylation is 2. The number of hydrogen-bond donors (Lipinski definition) is 1. The third-order valence-corrected chi connectivity index (χ3v) is 5.11.